The first-order chi connectivity index (χ1) is 7.33. The van der Waals surface area contributed by atoms with Gasteiger partial charge in [0.05, 0.1) is 33.5 Å². The number of ether oxygens (including phenoxy) is 3. The summed E-state index contributed by atoms with van der Waals surface area (Å²) in [6.45, 7) is 0.460. The molecular weight excluding hydrogens is 192 g/mol. The SMILES string of the molecule is [CH2]OCC=Cc1c(OC)cccc1OC. The molecule has 0 aromatic heterocycles. The first kappa shape index (κ1) is 11.6. The van der Waals surface area contributed by atoms with Crippen molar-refractivity contribution < 1.29 is 14.2 Å². The fourth-order valence-corrected chi connectivity index (χ4v) is 1.28. The maximum atomic E-state index is 5.23. The zero-order valence-electron chi connectivity index (χ0n) is 9.03. The summed E-state index contributed by atoms with van der Waals surface area (Å²) in [5.74, 6) is 1.55. The highest BCUT2D eigenvalue weighted by molar-refractivity contribution is 5.64. The van der Waals surface area contributed by atoms with Crippen LogP contribution in [-0.4, -0.2) is 20.8 Å². The zero-order valence-corrected chi connectivity index (χ0v) is 9.03. The average molecular weight is 207 g/mol. The molecule has 0 heterocycles. The summed E-state index contributed by atoms with van der Waals surface area (Å²) in [5.41, 5.74) is 0.902. The van der Waals surface area contributed by atoms with Gasteiger partial charge in [-0.25, -0.2) is 0 Å². The predicted molar refractivity (Wildman–Crippen MR) is 59.9 cm³/mol. The van der Waals surface area contributed by atoms with Crippen molar-refractivity contribution in [2.45, 2.75) is 0 Å². The zero-order chi connectivity index (χ0) is 11.1. The molecule has 3 nitrogen and oxygen atoms in total. The van der Waals surface area contributed by atoms with E-state index < -0.39 is 0 Å². The van der Waals surface area contributed by atoms with Crippen molar-refractivity contribution in [2.75, 3.05) is 20.8 Å². The first-order valence-electron chi connectivity index (χ1n) is 4.58. The summed E-state index contributed by atoms with van der Waals surface area (Å²) < 4.78 is 15.2. The summed E-state index contributed by atoms with van der Waals surface area (Å²) in [6, 6.07) is 5.65. The highest BCUT2D eigenvalue weighted by atomic mass is 16.5. The maximum Gasteiger partial charge on any atom is 0.129 e. The van der Waals surface area contributed by atoms with Crippen LogP contribution in [0.25, 0.3) is 6.08 Å². The van der Waals surface area contributed by atoms with Crippen molar-refractivity contribution in [1.29, 1.82) is 0 Å². The molecule has 0 saturated carbocycles. The van der Waals surface area contributed by atoms with Crippen LogP contribution in [0.2, 0.25) is 0 Å². The molecule has 0 aliphatic carbocycles. The summed E-state index contributed by atoms with van der Waals surface area (Å²) in [4.78, 5) is 0. The van der Waals surface area contributed by atoms with E-state index in [-0.39, 0.29) is 0 Å². The monoisotopic (exact) mass is 207 g/mol. The molecule has 0 aliphatic rings. The standard InChI is InChI=1S/C12H15O3/c1-13-9-5-6-10-11(14-2)7-4-8-12(10)15-3/h4-8H,1,9H2,2-3H3. The highest BCUT2D eigenvalue weighted by Crippen LogP contribution is 2.29. The van der Waals surface area contributed by atoms with E-state index in [1.165, 1.54) is 0 Å². The third kappa shape index (κ3) is 2.99. The Hall–Kier alpha value is -1.48. The van der Waals surface area contributed by atoms with Gasteiger partial charge in [-0.15, -0.1) is 0 Å². The van der Waals surface area contributed by atoms with Gasteiger partial charge < -0.3 is 14.2 Å². The van der Waals surface area contributed by atoms with Crippen molar-refractivity contribution in [3.63, 3.8) is 0 Å². The van der Waals surface area contributed by atoms with Crippen LogP contribution in [0.5, 0.6) is 11.5 Å². The molecule has 0 saturated heterocycles. The molecule has 0 spiro atoms. The van der Waals surface area contributed by atoms with E-state index >= 15 is 0 Å². The average Bonchev–Trinajstić information content (AvgIpc) is 2.29. The lowest BCUT2D eigenvalue weighted by Crippen LogP contribution is -1.92. The molecule has 1 aromatic rings. The van der Waals surface area contributed by atoms with Crippen LogP contribution in [0.3, 0.4) is 0 Å². The lowest BCUT2D eigenvalue weighted by molar-refractivity contribution is 0.282. The molecule has 1 rings (SSSR count). The first-order valence-corrected chi connectivity index (χ1v) is 4.58. The van der Waals surface area contributed by atoms with Gasteiger partial charge in [0.1, 0.15) is 11.5 Å². The number of hydrogen-bond acceptors (Lipinski definition) is 3. The van der Waals surface area contributed by atoms with Gasteiger partial charge in [0, 0.05) is 0 Å². The highest BCUT2D eigenvalue weighted by Gasteiger charge is 2.05. The van der Waals surface area contributed by atoms with Gasteiger partial charge in [0.25, 0.3) is 0 Å². The second-order valence-electron chi connectivity index (χ2n) is 2.85. The summed E-state index contributed by atoms with van der Waals surface area (Å²) >= 11 is 0. The number of rotatable bonds is 5. The fraction of sp³-hybridized carbons (Fsp3) is 0.250. The van der Waals surface area contributed by atoms with Crippen LogP contribution < -0.4 is 9.47 Å². The van der Waals surface area contributed by atoms with Crippen LogP contribution in [0.1, 0.15) is 5.56 Å². The molecular formula is C12H15O3. The van der Waals surface area contributed by atoms with Crippen molar-refractivity contribution in [3.8, 4) is 11.5 Å². The van der Waals surface area contributed by atoms with E-state index in [1.807, 2.05) is 30.4 Å². The van der Waals surface area contributed by atoms with E-state index in [1.54, 1.807) is 14.2 Å². The van der Waals surface area contributed by atoms with Gasteiger partial charge in [-0.3, -0.25) is 0 Å². The second kappa shape index (κ2) is 6.09. The normalized spacial score (nSPS) is 10.6. The Morgan fingerprint density at radius 2 is 1.80 bits per heavy atom. The van der Waals surface area contributed by atoms with Crippen molar-refractivity contribution >= 4 is 6.08 Å². The topological polar surface area (TPSA) is 27.7 Å². The quantitative estimate of drug-likeness (QED) is 0.742. The Kier molecular flexibility index (Phi) is 4.71. The molecule has 0 N–H and O–H groups in total. The molecule has 0 fully saturated rings. The predicted octanol–water partition coefficient (Wildman–Crippen LogP) is 2.53. The van der Waals surface area contributed by atoms with E-state index in [0.29, 0.717) is 6.61 Å². The molecule has 0 aliphatic heterocycles. The molecule has 0 atom stereocenters. The Bertz CT molecular complexity index is 309. The van der Waals surface area contributed by atoms with Crippen LogP contribution in [-0.2, 0) is 4.74 Å². The summed E-state index contributed by atoms with van der Waals surface area (Å²) in [7, 11) is 6.55. The third-order valence-corrected chi connectivity index (χ3v) is 1.96. The number of benzene rings is 1. The molecule has 81 valence electrons. The van der Waals surface area contributed by atoms with Crippen molar-refractivity contribution in [3.05, 3.63) is 36.9 Å². The summed E-state index contributed by atoms with van der Waals surface area (Å²) in [6.07, 6.45) is 3.75. The van der Waals surface area contributed by atoms with Gasteiger partial charge in [-0.2, -0.15) is 0 Å². The summed E-state index contributed by atoms with van der Waals surface area (Å²) in [5, 5.41) is 0. The Morgan fingerprint density at radius 3 is 2.27 bits per heavy atom. The van der Waals surface area contributed by atoms with Gasteiger partial charge in [-0.1, -0.05) is 12.1 Å². The lowest BCUT2D eigenvalue weighted by atomic mass is 10.1. The molecule has 0 amide bonds. The molecule has 1 radical (unpaired) electrons. The van der Waals surface area contributed by atoms with Gasteiger partial charge in [0.2, 0.25) is 0 Å². The van der Waals surface area contributed by atoms with Gasteiger partial charge in [-0.05, 0) is 18.2 Å². The third-order valence-electron chi connectivity index (χ3n) is 1.96. The molecule has 1 aromatic carbocycles. The van der Waals surface area contributed by atoms with Crippen LogP contribution >= 0.6 is 0 Å². The Balaban J connectivity index is 2.99. The smallest absolute Gasteiger partial charge is 0.129 e. The number of hydrogen-bond donors (Lipinski definition) is 0. The largest absolute Gasteiger partial charge is 0.496 e. The van der Waals surface area contributed by atoms with E-state index in [9.17, 15) is 0 Å². The molecule has 3 heteroatoms. The minimum absolute atomic E-state index is 0.460. The van der Waals surface area contributed by atoms with Crippen LogP contribution in [0.4, 0.5) is 0 Å². The molecule has 15 heavy (non-hydrogen) atoms. The molecule has 0 unspecified atom stereocenters. The van der Waals surface area contributed by atoms with Gasteiger partial charge in [0.15, 0.2) is 0 Å². The Labute approximate surface area is 90.3 Å². The molecule has 0 bridgehead atoms. The fourth-order valence-electron chi connectivity index (χ4n) is 1.28. The van der Waals surface area contributed by atoms with E-state index in [4.69, 9.17) is 14.2 Å². The van der Waals surface area contributed by atoms with E-state index in [0.717, 1.165) is 17.1 Å². The lowest BCUT2D eigenvalue weighted by Gasteiger charge is -2.09. The van der Waals surface area contributed by atoms with E-state index in [2.05, 4.69) is 7.11 Å². The van der Waals surface area contributed by atoms with Crippen LogP contribution in [0.15, 0.2) is 24.3 Å². The second-order valence-corrected chi connectivity index (χ2v) is 2.85. The van der Waals surface area contributed by atoms with Crippen molar-refractivity contribution in [1.82, 2.24) is 0 Å². The van der Waals surface area contributed by atoms with Crippen molar-refractivity contribution in [2.24, 2.45) is 0 Å². The van der Waals surface area contributed by atoms with Gasteiger partial charge >= 0.3 is 0 Å². The Morgan fingerprint density at radius 1 is 1.20 bits per heavy atom. The van der Waals surface area contributed by atoms with Crippen LogP contribution in [0, 0.1) is 7.11 Å². The maximum absolute atomic E-state index is 5.23. The minimum atomic E-state index is 0.460. The number of methoxy groups -OCH3 is 2. The minimum Gasteiger partial charge on any atom is -0.496 e.